The first-order valence-corrected chi connectivity index (χ1v) is 8.32. The monoisotopic (exact) mass is 366 g/mol. The van der Waals surface area contributed by atoms with Gasteiger partial charge in [0.05, 0.1) is 17.8 Å². The van der Waals surface area contributed by atoms with Crippen molar-refractivity contribution in [2.24, 2.45) is 10.7 Å². The van der Waals surface area contributed by atoms with Gasteiger partial charge >= 0.3 is 6.61 Å². The van der Waals surface area contributed by atoms with Crippen LogP contribution >= 0.6 is 0 Å². The summed E-state index contributed by atoms with van der Waals surface area (Å²) in [5.41, 5.74) is 7.43. The summed E-state index contributed by atoms with van der Waals surface area (Å²) < 4.78 is 44.8. The Balaban J connectivity index is 3.53. The molecular formula is C20H25F3N2O. The van der Waals surface area contributed by atoms with Crippen molar-refractivity contribution in [3.8, 4) is 5.75 Å². The van der Waals surface area contributed by atoms with E-state index in [1.54, 1.807) is 32.9 Å². The lowest BCUT2D eigenvalue weighted by molar-refractivity contribution is -0.0501. The molecular weight excluding hydrogens is 341 g/mol. The molecule has 0 aromatic heterocycles. The number of benzene rings is 1. The Morgan fingerprint density at radius 3 is 2.58 bits per heavy atom. The number of nitrogens with zero attached hydrogens (tertiary/aromatic N) is 1. The van der Waals surface area contributed by atoms with Crippen LogP contribution in [0.2, 0.25) is 0 Å². The highest BCUT2D eigenvalue weighted by Crippen LogP contribution is 2.28. The number of hydrogen-bond donors (Lipinski definition) is 1. The summed E-state index contributed by atoms with van der Waals surface area (Å²) in [6.07, 6.45) is 7.99. The van der Waals surface area contributed by atoms with E-state index in [0.29, 0.717) is 16.8 Å². The molecule has 142 valence electrons. The molecule has 6 heteroatoms. The molecule has 0 atom stereocenters. The SMILES string of the molecule is CC/C=C\C=C(/C)C(=NC/C=C(\C)N)c1c(F)cc(C)cc1OC(F)F. The molecule has 3 nitrogen and oxygen atoms in total. The van der Waals surface area contributed by atoms with Gasteiger partial charge in [0.2, 0.25) is 0 Å². The van der Waals surface area contributed by atoms with Crippen molar-refractivity contribution in [1.82, 2.24) is 0 Å². The molecule has 26 heavy (non-hydrogen) atoms. The average molecular weight is 366 g/mol. The molecule has 0 spiro atoms. The molecule has 0 unspecified atom stereocenters. The van der Waals surface area contributed by atoms with Crippen molar-refractivity contribution in [3.63, 3.8) is 0 Å². The summed E-state index contributed by atoms with van der Waals surface area (Å²) in [4.78, 5) is 4.36. The van der Waals surface area contributed by atoms with E-state index in [1.165, 1.54) is 12.1 Å². The topological polar surface area (TPSA) is 47.6 Å². The Labute approximate surface area is 152 Å². The number of alkyl halides is 2. The highest BCUT2D eigenvalue weighted by molar-refractivity contribution is 6.14. The smallest absolute Gasteiger partial charge is 0.387 e. The second-order valence-electron chi connectivity index (χ2n) is 5.82. The molecule has 0 aliphatic heterocycles. The Hall–Kier alpha value is -2.50. The standard InChI is InChI=1S/C20H25F3N2O/c1-5-6-7-8-14(3)19(25-10-9-15(4)24)18-16(21)11-13(2)12-17(18)26-20(22)23/h6-9,11-12,20H,5,10,24H2,1-4H3/b7-6-,14-8+,15-9+,25-19?. The summed E-state index contributed by atoms with van der Waals surface area (Å²) in [5.74, 6) is -0.906. The lowest BCUT2D eigenvalue weighted by Gasteiger charge is -2.15. The highest BCUT2D eigenvalue weighted by Gasteiger charge is 2.20. The van der Waals surface area contributed by atoms with Gasteiger partial charge in [0.1, 0.15) is 11.6 Å². The second-order valence-corrected chi connectivity index (χ2v) is 5.82. The van der Waals surface area contributed by atoms with E-state index >= 15 is 0 Å². The number of aliphatic imine (C=N–C) groups is 1. The fraction of sp³-hybridized carbons (Fsp3) is 0.350. The van der Waals surface area contributed by atoms with E-state index < -0.39 is 12.4 Å². The van der Waals surface area contributed by atoms with Crippen LogP contribution in [0.5, 0.6) is 5.75 Å². The Morgan fingerprint density at radius 1 is 1.31 bits per heavy atom. The second kappa shape index (κ2) is 10.5. The number of rotatable bonds is 8. The van der Waals surface area contributed by atoms with Crippen LogP contribution in [0.1, 0.15) is 38.3 Å². The fourth-order valence-electron chi connectivity index (χ4n) is 2.24. The molecule has 0 heterocycles. The molecule has 1 aromatic carbocycles. The summed E-state index contributed by atoms with van der Waals surface area (Å²) in [7, 11) is 0. The van der Waals surface area contributed by atoms with E-state index in [9.17, 15) is 13.2 Å². The predicted octanol–water partition coefficient (Wildman–Crippen LogP) is 5.30. The number of aryl methyl sites for hydroxylation is 1. The van der Waals surface area contributed by atoms with Gasteiger partial charge in [-0.3, -0.25) is 4.99 Å². The van der Waals surface area contributed by atoms with Gasteiger partial charge in [-0.05, 0) is 56.5 Å². The van der Waals surface area contributed by atoms with Crippen molar-refractivity contribution < 1.29 is 17.9 Å². The first kappa shape index (κ1) is 21.5. The van der Waals surface area contributed by atoms with Crippen LogP contribution in [0.3, 0.4) is 0 Å². The van der Waals surface area contributed by atoms with E-state index in [4.69, 9.17) is 5.73 Å². The zero-order valence-electron chi connectivity index (χ0n) is 15.5. The zero-order chi connectivity index (χ0) is 19.7. The largest absolute Gasteiger partial charge is 0.434 e. The molecule has 2 N–H and O–H groups in total. The summed E-state index contributed by atoms with van der Waals surface area (Å²) >= 11 is 0. The van der Waals surface area contributed by atoms with Gasteiger partial charge in [-0.1, -0.05) is 25.2 Å². The van der Waals surface area contributed by atoms with Gasteiger partial charge in [-0.15, -0.1) is 0 Å². The number of allylic oxidation sites excluding steroid dienone is 5. The number of nitrogens with two attached hydrogens (primary N) is 1. The zero-order valence-corrected chi connectivity index (χ0v) is 15.5. The quantitative estimate of drug-likeness (QED) is 0.501. The van der Waals surface area contributed by atoms with Gasteiger partial charge in [0, 0.05) is 5.70 Å². The van der Waals surface area contributed by atoms with Crippen LogP contribution in [0.15, 0.2) is 52.7 Å². The summed E-state index contributed by atoms with van der Waals surface area (Å²) in [5, 5.41) is 0. The molecule has 0 bridgehead atoms. The van der Waals surface area contributed by atoms with Crippen molar-refractivity contribution in [3.05, 3.63) is 64.7 Å². The maximum atomic E-state index is 14.7. The van der Waals surface area contributed by atoms with Crippen LogP contribution in [-0.2, 0) is 0 Å². The van der Waals surface area contributed by atoms with Crippen LogP contribution in [-0.4, -0.2) is 18.9 Å². The third kappa shape index (κ3) is 6.78. The normalized spacial score (nSPS) is 13.8. The van der Waals surface area contributed by atoms with Crippen LogP contribution in [0.25, 0.3) is 0 Å². The molecule has 0 amide bonds. The Bertz CT molecular complexity index is 731. The van der Waals surface area contributed by atoms with Gasteiger partial charge in [-0.25, -0.2) is 4.39 Å². The van der Waals surface area contributed by atoms with E-state index in [0.717, 1.165) is 6.42 Å². The van der Waals surface area contributed by atoms with Crippen molar-refractivity contribution in [2.45, 2.75) is 40.7 Å². The van der Waals surface area contributed by atoms with Crippen molar-refractivity contribution >= 4 is 5.71 Å². The van der Waals surface area contributed by atoms with Gasteiger partial charge in [0.15, 0.2) is 0 Å². The van der Waals surface area contributed by atoms with Crippen LogP contribution in [0, 0.1) is 12.7 Å². The molecule has 0 radical (unpaired) electrons. The van der Waals surface area contributed by atoms with Gasteiger partial charge < -0.3 is 10.5 Å². The minimum absolute atomic E-state index is 0.0855. The maximum Gasteiger partial charge on any atom is 0.387 e. The van der Waals surface area contributed by atoms with Crippen molar-refractivity contribution in [1.29, 1.82) is 0 Å². The number of hydrogen-bond acceptors (Lipinski definition) is 3. The molecule has 0 aliphatic rings. The lowest BCUT2D eigenvalue weighted by Crippen LogP contribution is -2.13. The first-order valence-electron chi connectivity index (χ1n) is 8.32. The van der Waals surface area contributed by atoms with Crippen LogP contribution < -0.4 is 10.5 Å². The minimum atomic E-state index is -3.06. The molecule has 0 saturated heterocycles. The third-order valence-electron chi connectivity index (χ3n) is 3.41. The first-order chi connectivity index (χ1) is 12.3. The average Bonchev–Trinajstić information content (AvgIpc) is 2.51. The molecule has 0 saturated carbocycles. The Morgan fingerprint density at radius 2 is 2.00 bits per heavy atom. The van der Waals surface area contributed by atoms with Crippen LogP contribution in [0.4, 0.5) is 13.2 Å². The molecule has 0 fully saturated rings. The molecule has 0 aliphatic carbocycles. The molecule has 1 rings (SSSR count). The van der Waals surface area contributed by atoms with E-state index in [1.807, 2.05) is 19.1 Å². The lowest BCUT2D eigenvalue weighted by atomic mass is 9.99. The van der Waals surface area contributed by atoms with Gasteiger partial charge in [-0.2, -0.15) is 8.78 Å². The maximum absolute atomic E-state index is 14.7. The van der Waals surface area contributed by atoms with Crippen molar-refractivity contribution in [2.75, 3.05) is 6.54 Å². The van der Waals surface area contributed by atoms with E-state index in [-0.39, 0.29) is 23.6 Å². The number of halogens is 3. The van der Waals surface area contributed by atoms with Gasteiger partial charge in [0.25, 0.3) is 0 Å². The summed E-state index contributed by atoms with van der Waals surface area (Å²) in [6, 6.07) is 2.64. The third-order valence-corrected chi connectivity index (χ3v) is 3.41. The number of ether oxygens (including phenoxy) is 1. The predicted molar refractivity (Wildman–Crippen MR) is 100 cm³/mol. The fourth-order valence-corrected chi connectivity index (χ4v) is 2.24. The molecule has 1 aromatic rings. The highest BCUT2D eigenvalue weighted by atomic mass is 19.3. The van der Waals surface area contributed by atoms with E-state index in [2.05, 4.69) is 9.73 Å². The summed E-state index contributed by atoms with van der Waals surface area (Å²) in [6.45, 7) is 4.17. The minimum Gasteiger partial charge on any atom is -0.434 e. The Kier molecular flexibility index (Phi) is 8.68.